The van der Waals surface area contributed by atoms with Gasteiger partial charge in [0.2, 0.25) is 0 Å². The van der Waals surface area contributed by atoms with Crippen molar-refractivity contribution < 1.29 is 18.9 Å². The van der Waals surface area contributed by atoms with Crippen LogP contribution in [0.4, 0.5) is 0 Å². The van der Waals surface area contributed by atoms with Crippen LogP contribution >= 0.6 is 15.8 Å². The van der Waals surface area contributed by atoms with E-state index in [1.54, 1.807) is 0 Å². The lowest BCUT2D eigenvalue weighted by molar-refractivity contribution is -0.0758. The van der Waals surface area contributed by atoms with Gasteiger partial charge >= 0.3 is 0 Å². The molecule has 0 N–H and O–H groups in total. The van der Waals surface area contributed by atoms with Gasteiger partial charge in [-0.2, -0.15) is 0 Å². The molecule has 0 saturated carbocycles. The van der Waals surface area contributed by atoms with Crippen LogP contribution in [0.5, 0.6) is 0 Å². The minimum absolute atomic E-state index is 0.0781. The Labute approximate surface area is 393 Å². The summed E-state index contributed by atoms with van der Waals surface area (Å²) in [5.74, 6) is 0. The zero-order valence-corrected chi connectivity index (χ0v) is 40.2. The van der Waals surface area contributed by atoms with Crippen molar-refractivity contribution in [3.8, 4) is 11.1 Å². The van der Waals surface area contributed by atoms with Gasteiger partial charge in [-0.3, -0.25) is 0 Å². The molecule has 66 heavy (non-hydrogen) atoms. The van der Waals surface area contributed by atoms with Crippen molar-refractivity contribution in [1.29, 1.82) is 0 Å². The molecular weight excluding hydrogens is 847 g/mol. The Morgan fingerprint density at radius 2 is 0.561 bits per heavy atom. The average Bonchev–Trinajstić information content (AvgIpc) is 3.75. The standard InChI is InChI=1S/C60H60O4P2/c1-41-57(61-37-45-21-9-5-10-22-45)58(62-38-46-23-11-6-12-24-46)42(2)65(41)53-35-33-49-29-17-19-31-51(49)55(53)56-52-32-20-18-30-50(52)34-36-54(56)66-43(3)59(63-39-47-25-13-7-14-26-47)60(44(66)4)64-40-48-27-15-8-16-28-48/h5-36,41-44,57-60H,37-40H2,1-4H3/t41-,42-,43-,44-,57+,58+,59+,60+/m0/s1. The number of hydrogen-bond donors (Lipinski definition) is 0. The van der Waals surface area contributed by atoms with E-state index in [1.807, 2.05) is 0 Å². The Bertz CT molecular complexity index is 2530. The number of benzene rings is 8. The lowest BCUT2D eigenvalue weighted by Gasteiger charge is -2.31. The molecule has 0 unspecified atom stereocenters. The summed E-state index contributed by atoms with van der Waals surface area (Å²) in [6.07, 6.45) is -0.312. The van der Waals surface area contributed by atoms with Crippen molar-refractivity contribution in [2.45, 2.75) is 101 Å². The molecule has 2 heterocycles. The summed E-state index contributed by atoms with van der Waals surface area (Å²) in [6, 6.07) is 70.2. The number of fused-ring (bicyclic) bond motifs is 2. The van der Waals surface area contributed by atoms with Crippen LogP contribution in [0.25, 0.3) is 32.7 Å². The molecule has 2 aliphatic rings. The third-order valence-corrected chi connectivity index (χ3v) is 20.6. The van der Waals surface area contributed by atoms with Gasteiger partial charge < -0.3 is 18.9 Å². The second-order valence-corrected chi connectivity index (χ2v) is 24.0. The molecule has 8 atom stereocenters. The second kappa shape index (κ2) is 20.5. The third kappa shape index (κ3) is 9.18. The Hall–Kier alpha value is -5.02. The normalized spacial score (nSPS) is 25.2. The smallest absolute Gasteiger partial charge is 0.0915 e. The van der Waals surface area contributed by atoms with E-state index in [-0.39, 0.29) is 47.1 Å². The fraction of sp³-hybridized carbons (Fsp3) is 0.267. The van der Waals surface area contributed by atoms with Crippen molar-refractivity contribution in [2.24, 2.45) is 0 Å². The van der Waals surface area contributed by atoms with Gasteiger partial charge in [0.25, 0.3) is 0 Å². The van der Waals surface area contributed by atoms with Gasteiger partial charge in [0.05, 0.1) is 50.8 Å². The summed E-state index contributed by atoms with van der Waals surface area (Å²) in [7, 11) is -1.59. The van der Waals surface area contributed by atoms with Crippen molar-refractivity contribution in [1.82, 2.24) is 0 Å². The molecule has 6 heteroatoms. The average molecular weight is 907 g/mol. The summed E-state index contributed by atoms with van der Waals surface area (Å²) in [5, 5.41) is 7.98. The summed E-state index contributed by atoms with van der Waals surface area (Å²) in [5.41, 5.74) is 8.41. The highest BCUT2D eigenvalue weighted by atomic mass is 31.1. The Kier molecular flexibility index (Phi) is 13.9. The van der Waals surface area contributed by atoms with E-state index in [0.717, 1.165) is 0 Å². The van der Waals surface area contributed by atoms with E-state index in [9.17, 15) is 0 Å². The lowest BCUT2D eigenvalue weighted by Crippen LogP contribution is -2.36. The van der Waals surface area contributed by atoms with E-state index in [2.05, 4.69) is 222 Å². The molecule has 0 radical (unpaired) electrons. The molecule has 4 nitrogen and oxygen atoms in total. The molecule has 0 aromatic heterocycles. The van der Waals surface area contributed by atoms with E-state index in [1.165, 1.54) is 65.5 Å². The van der Waals surface area contributed by atoms with E-state index < -0.39 is 15.8 Å². The van der Waals surface area contributed by atoms with E-state index in [4.69, 9.17) is 18.9 Å². The molecule has 8 aromatic carbocycles. The summed E-state index contributed by atoms with van der Waals surface area (Å²) >= 11 is 0. The SMILES string of the molecule is C[C@H]1[C@@H](OCc2ccccc2)[C@H](OCc2ccccc2)[C@H](C)P1c1ccc2ccccc2c1-c1c(P2[C@@H](C)[C@@H](OCc3ccccc3)[C@H](OCc3ccccc3)[C@@H]2C)ccc2ccccc12. The quantitative estimate of drug-likeness (QED) is 0.0961. The fourth-order valence-corrected chi connectivity index (χ4v) is 17.8. The first-order chi connectivity index (χ1) is 32.4. The Balaban J connectivity index is 1.10. The molecule has 0 amide bonds. The predicted molar refractivity (Wildman–Crippen MR) is 278 cm³/mol. The van der Waals surface area contributed by atoms with Crippen molar-refractivity contribution in [3.05, 3.63) is 216 Å². The van der Waals surface area contributed by atoms with E-state index >= 15 is 0 Å². The second-order valence-electron chi connectivity index (χ2n) is 18.2. The number of ether oxygens (including phenoxy) is 4. The first-order valence-corrected chi connectivity index (χ1v) is 26.6. The molecule has 10 rings (SSSR count). The molecule has 0 aliphatic carbocycles. The van der Waals surface area contributed by atoms with Crippen LogP contribution in [0.3, 0.4) is 0 Å². The molecule has 8 aromatic rings. The van der Waals surface area contributed by atoms with Gasteiger partial charge in [-0.25, -0.2) is 0 Å². The third-order valence-electron chi connectivity index (χ3n) is 14.1. The van der Waals surface area contributed by atoms with Gasteiger partial charge in [0.1, 0.15) is 0 Å². The van der Waals surface area contributed by atoms with Gasteiger partial charge in [-0.15, -0.1) is 0 Å². The Morgan fingerprint density at radius 1 is 0.303 bits per heavy atom. The van der Waals surface area contributed by atoms with Crippen LogP contribution in [0, 0.1) is 0 Å². The van der Waals surface area contributed by atoms with Crippen molar-refractivity contribution in [3.63, 3.8) is 0 Å². The molecule has 334 valence electrons. The van der Waals surface area contributed by atoms with Gasteiger partial charge in [0.15, 0.2) is 0 Å². The maximum absolute atomic E-state index is 7.06. The minimum atomic E-state index is -0.795. The van der Waals surface area contributed by atoms with Gasteiger partial charge in [0, 0.05) is 22.6 Å². The fourth-order valence-electron chi connectivity index (χ4n) is 10.8. The summed E-state index contributed by atoms with van der Waals surface area (Å²) in [4.78, 5) is 0. The molecule has 0 spiro atoms. The van der Waals surface area contributed by atoms with Crippen molar-refractivity contribution >= 4 is 48.0 Å². The molecular formula is C60H60O4P2. The van der Waals surface area contributed by atoms with Crippen LogP contribution in [-0.4, -0.2) is 47.1 Å². The summed E-state index contributed by atoms with van der Waals surface area (Å²) in [6.45, 7) is 11.9. The van der Waals surface area contributed by atoms with E-state index in [0.29, 0.717) is 26.4 Å². The van der Waals surface area contributed by atoms with Crippen LogP contribution in [0.2, 0.25) is 0 Å². The van der Waals surface area contributed by atoms with Crippen molar-refractivity contribution in [2.75, 3.05) is 0 Å². The predicted octanol–water partition coefficient (Wildman–Crippen LogP) is 13.8. The van der Waals surface area contributed by atoms with Crippen LogP contribution in [0.1, 0.15) is 49.9 Å². The first-order valence-electron chi connectivity index (χ1n) is 23.7. The zero-order chi connectivity index (χ0) is 45.0. The largest absolute Gasteiger partial charge is 0.370 e. The van der Waals surface area contributed by atoms with Gasteiger partial charge in [-0.05, 0) is 65.5 Å². The topological polar surface area (TPSA) is 36.9 Å². The molecule has 2 saturated heterocycles. The number of hydrogen-bond acceptors (Lipinski definition) is 4. The highest BCUT2D eigenvalue weighted by molar-refractivity contribution is 7.68. The Morgan fingerprint density at radius 3 is 0.848 bits per heavy atom. The molecule has 2 fully saturated rings. The minimum Gasteiger partial charge on any atom is -0.370 e. The zero-order valence-electron chi connectivity index (χ0n) is 38.4. The monoisotopic (exact) mass is 906 g/mol. The number of rotatable bonds is 15. The summed E-state index contributed by atoms with van der Waals surface area (Å²) < 4.78 is 28.2. The highest BCUT2D eigenvalue weighted by Gasteiger charge is 2.51. The molecule has 2 aliphatic heterocycles. The van der Waals surface area contributed by atoms with Crippen LogP contribution < -0.4 is 10.6 Å². The maximum atomic E-state index is 7.06. The van der Waals surface area contributed by atoms with Crippen LogP contribution in [0.15, 0.2) is 194 Å². The lowest BCUT2D eigenvalue weighted by atomic mass is 9.93. The van der Waals surface area contributed by atoms with Crippen LogP contribution in [-0.2, 0) is 45.4 Å². The molecule has 0 bridgehead atoms. The highest BCUT2D eigenvalue weighted by Crippen LogP contribution is 2.61. The maximum Gasteiger partial charge on any atom is 0.0915 e. The first kappa shape index (κ1) is 44.8. The van der Waals surface area contributed by atoms with Gasteiger partial charge in [-0.1, -0.05) is 238 Å².